The number of nitrogens with one attached hydrogen (secondary N) is 2. The van der Waals surface area contributed by atoms with Gasteiger partial charge in [0.25, 0.3) is 0 Å². The zero-order valence-electron chi connectivity index (χ0n) is 22.7. The number of carbonyl (C=O) groups is 3. The molecular formula is C27H34N6O7. The van der Waals surface area contributed by atoms with Crippen LogP contribution in [-0.4, -0.2) is 98.9 Å². The van der Waals surface area contributed by atoms with Crippen molar-refractivity contribution in [3.05, 3.63) is 40.7 Å². The van der Waals surface area contributed by atoms with Crippen LogP contribution in [0.25, 0.3) is 5.76 Å². The van der Waals surface area contributed by atoms with Crippen molar-refractivity contribution in [1.29, 1.82) is 0 Å². The average molecular weight is 555 g/mol. The number of nitrogens with zero attached hydrogens (tertiary/aromatic N) is 3. The second-order valence-corrected chi connectivity index (χ2v) is 11.3. The number of phenols is 1. The number of anilines is 2. The zero-order chi connectivity index (χ0) is 29.3. The Morgan fingerprint density at radius 1 is 1.25 bits per heavy atom. The molecule has 0 saturated heterocycles. The number of aromatic nitrogens is 2. The lowest BCUT2D eigenvalue weighted by Crippen LogP contribution is -2.73. The number of H-pyrrole nitrogens is 1. The van der Waals surface area contributed by atoms with E-state index in [0.29, 0.717) is 16.9 Å². The highest BCUT2D eigenvalue weighted by Crippen LogP contribution is 2.54. The van der Waals surface area contributed by atoms with Crippen LogP contribution in [0.3, 0.4) is 0 Å². The maximum Gasteiger partial charge on any atom is 0.230 e. The van der Waals surface area contributed by atoms with E-state index in [1.54, 1.807) is 37.3 Å². The van der Waals surface area contributed by atoms with Crippen molar-refractivity contribution in [2.75, 3.05) is 38.4 Å². The molecule has 13 heteroatoms. The second-order valence-electron chi connectivity index (χ2n) is 11.3. The number of aliphatic hydroxyl groups excluding tert-OH is 2. The van der Waals surface area contributed by atoms with Crippen molar-refractivity contribution < 1.29 is 34.8 Å². The summed E-state index contributed by atoms with van der Waals surface area (Å²) < 4.78 is 0. The number of amides is 1. The lowest BCUT2D eigenvalue weighted by atomic mass is 9.54. The van der Waals surface area contributed by atoms with Gasteiger partial charge in [0, 0.05) is 43.5 Å². The van der Waals surface area contributed by atoms with Crippen LogP contribution in [0.5, 0.6) is 5.75 Å². The largest absolute Gasteiger partial charge is 0.507 e. The first-order chi connectivity index (χ1) is 18.8. The summed E-state index contributed by atoms with van der Waals surface area (Å²) in [5.41, 5.74) is 4.90. The topological polar surface area (TPSA) is 205 Å². The SMILES string of the molecule is CN(C)c1cc(NCc2ccn[nH]2)c(O)c2c1C[C@H]1C[C@H]3[C@H](N(C)C)C(O)[C@@H](C(N)=O)C(=O)[C@@]3(O)C(=O)C1=C2O. The van der Waals surface area contributed by atoms with Crippen LogP contribution in [0.2, 0.25) is 0 Å². The number of aromatic hydroxyl groups is 1. The summed E-state index contributed by atoms with van der Waals surface area (Å²) in [6.07, 6.45) is 0.343. The number of carbonyl (C=O) groups excluding carboxylic acids is 3. The number of phenolic OH excluding ortho intramolecular Hbond substituents is 1. The molecule has 3 aliphatic carbocycles. The monoisotopic (exact) mass is 554 g/mol. The quantitative estimate of drug-likeness (QED) is 0.179. The summed E-state index contributed by atoms with van der Waals surface area (Å²) in [4.78, 5) is 43.1. The third-order valence-electron chi connectivity index (χ3n) is 8.57. The average Bonchev–Trinajstić information content (AvgIpc) is 3.39. The molecule has 0 radical (unpaired) electrons. The van der Waals surface area contributed by atoms with Crippen LogP contribution in [-0.2, 0) is 27.3 Å². The molecule has 0 spiro atoms. The number of aromatic amines is 1. The molecule has 0 aliphatic heterocycles. The van der Waals surface area contributed by atoms with Crippen LogP contribution >= 0.6 is 0 Å². The van der Waals surface area contributed by atoms with Gasteiger partial charge in [-0.1, -0.05) is 0 Å². The lowest BCUT2D eigenvalue weighted by Gasteiger charge is -2.53. The molecule has 3 aliphatic rings. The third kappa shape index (κ3) is 3.87. The molecule has 6 atom stereocenters. The Labute approximate surface area is 230 Å². The molecule has 2 fully saturated rings. The number of fused-ring (bicyclic) bond motifs is 3. The standard InChI is InChI=1S/C27H34N6O7/c1-32(2)16-9-15(29-10-12-5-6-30-31-12)21(34)18-13(16)7-11-8-14-20(33(3)4)23(36)19(26(28)39)25(38)27(14,40)24(37)17(11)22(18)35/h5-6,9,11,14,19-20,23,29,34-36,40H,7-8,10H2,1-4H3,(H2,28,39)(H,30,31)/t11-,14-,19+,20-,23?,27-/m0/s1. The van der Waals surface area contributed by atoms with E-state index in [1.807, 2.05) is 19.0 Å². The molecule has 0 bridgehead atoms. The van der Waals surface area contributed by atoms with E-state index in [4.69, 9.17) is 5.73 Å². The minimum atomic E-state index is -2.69. The Bertz CT molecular complexity index is 1420. The predicted molar refractivity (Wildman–Crippen MR) is 144 cm³/mol. The summed E-state index contributed by atoms with van der Waals surface area (Å²) in [7, 11) is 6.86. The van der Waals surface area contributed by atoms with Crippen LogP contribution < -0.4 is 16.0 Å². The van der Waals surface area contributed by atoms with Crippen molar-refractivity contribution in [1.82, 2.24) is 15.1 Å². The smallest absolute Gasteiger partial charge is 0.230 e. The number of Topliss-reactive ketones (excluding diaryl/α,β-unsaturated/α-hetero) is 2. The van der Waals surface area contributed by atoms with Crippen molar-refractivity contribution in [3.63, 3.8) is 0 Å². The van der Waals surface area contributed by atoms with E-state index in [0.717, 1.165) is 5.69 Å². The van der Waals surface area contributed by atoms with Gasteiger partial charge >= 0.3 is 0 Å². The second kappa shape index (κ2) is 9.61. The number of hydrogen-bond acceptors (Lipinski definition) is 11. The third-order valence-corrected chi connectivity index (χ3v) is 8.57. The number of hydrogen-bond donors (Lipinski definition) is 7. The maximum absolute atomic E-state index is 14.0. The maximum atomic E-state index is 14.0. The number of primary amides is 1. The molecule has 1 heterocycles. The van der Waals surface area contributed by atoms with Gasteiger partial charge in [0.05, 0.1) is 29.6 Å². The van der Waals surface area contributed by atoms with E-state index in [-0.39, 0.29) is 36.3 Å². The summed E-state index contributed by atoms with van der Waals surface area (Å²) in [6, 6.07) is 2.57. The van der Waals surface area contributed by atoms with Gasteiger partial charge in [-0.05, 0) is 50.6 Å². The molecule has 5 rings (SSSR count). The molecule has 8 N–H and O–H groups in total. The van der Waals surface area contributed by atoms with Crippen molar-refractivity contribution >= 4 is 34.6 Å². The molecule has 13 nitrogen and oxygen atoms in total. The summed E-state index contributed by atoms with van der Waals surface area (Å²) >= 11 is 0. The van der Waals surface area contributed by atoms with Crippen LogP contribution in [0, 0.1) is 17.8 Å². The van der Waals surface area contributed by atoms with Gasteiger partial charge in [0.2, 0.25) is 11.7 Å². The Balaban J connectivity index is 1.66. The van der Waals surface area contributed by atoms with Crippen LogP contribution in [0.4, 0.5) is 11.4 Å². The molecule has 40 heavy (non-hydrogen) atoms. The highest BCUT2D eigenvalue weighted by Gasteiger charge is 2.67. The number of aliphatic hydroxyl groups is 3. The Kier molecular flexibility index (Phi) is 6.63. The first-order valence-corrected chi connectivity index (χ1v) is 13.0. The van der Waals surface area contributed by atoms with Crippen molar-refractivity contribution in [2.24, 2.45) is 23.5 Å². The number of likely N-dealkylation sites (N-methyl/N-ethyl adjacent to an activating group) is 1. The fourth-order valence-corrected chi connectivity index (χ4v) is 6.76. The van der Waals surface area contributed by atoms with E-state index in [9.17, 15) is 34.8 Å². The molecular weight excluding hydrogens is 520 g/mol. The van der Waals surface area contributed by atoms with Gasteiger partial charge in [-0.3, -0.25) is 19.5 Å². The fourth-order valence-electron chi connectivity index (χ4n) is 6.76. The minimum absolute atomic E-state index is 0.0267. The molecule has 214 valence electrons. The minimum Gasteiger partial charge on any atom is -0.507 e. The van der Waals surface area contributed by atoms with Crippen molar-refractivity contribution in [2.45, 2.75) is 37.1 Å². The van der Waals surface area contributed by atoms with Crippen LogP contribution in [0.15, 0.2) is 23.9 Å². The van der Waals surface area contributed by atoms with Gasteiger partial charge in [0.1, 0.15) is 17.4 Å². The molecule has 1 aromatic carbocycles. The lowest BCUT2D eigenvalue weighted by molar-refractivity contribution is -0.184. The van der Waals surface area contributed by atoms with E-state index >= 15 is 0 Å². The summed E-state index contributed by atoms with van der Waals surface area (Å²) in [5, 5.41) is 55.4. The van der Waals surface area contributed by atoms with Crippen molar-refractivity contribution in [3.8, 4) is 5.75 Å². The van der Waals surface area contributed by atoms with Crippen LogP contribution in [0.1, 0.15) is 23.2 Å². The highest BCUT2D eigenvalue weighted by molar-refractivity contribution is 6.25. The van der Waals surface area contributed by atoms with Gasteiger partial charge < -0.3 is 41.3 Å². The van der Waals surface area contributed by atoms with Gasteiger partial charge in [-0.25, -0.2) is 0 Å². The molecule has 2 aromatic rings. The van der Waals surface area contributed by atoms with E-state index < -0.39 is 58.7 Å². The number of benzene rings is 1. The first-order valence-electron chi connectivity index (χ1n) is 13.0. The Morgan fingerprint density at radius 3 is 2.52 bits per heavy atom. The summed E-state index contributed by atoms with van der Waals surface area (Å²) in [5.74, 6) is -7.71. The number of rotatable bonds is 6. The number of ketones is 2. The summed E-state index contributed by atoms with van der Waals surface area (Å²) in [6.45, 7) is 0.288. The first kappa shape index (κ1) is 27.6. The normalized spacial score (nSPS) is 29.6. The number of nitrogens with two attached hydrogens (primary N) is 1. The van der Waals surface area contributed by atoms with E-state index in [1.165, 1.54) is 0 Å². The zero-order valence-corrected chi connectivity index (χ0v) is 22.7. The highest BCUT2D eigenvalue weighted by atomic mass is 16.3. The Hall–Kier alpha value is -3.94. The van der Waals surface area contributed by atoms with Gasteiger partial charge in [-0.15, -0.1) is 0 Å². The van der Waals surface area contributed by atoms with E-state index in [2.05, 4.69) is 15.5 Å². The molecule has 1 aromatic heterocycles. The molecule has 1 unspecified atom stereocenters. The van der Waals surface area contributed by atoms with Gasteiger partial charge in [-0.2, -0.15) is 5.10 Å². The Morgan fingerprint density at radius 2 is 1.95 bits per heavy atom. The predicted octanol–water partition coefficient (Wildman–Crippen LogP) is -0.470. The molecule has 2 saturated carbocycles. The fraction of sp³-hybridized carbons (Fsp3) is 0.481. The molecule has 1 amide bonds. The van der Waals surface area contributed by atoms with Gasteiger partial charge in [0.15, 0.2) is 11.4 Å².